The van der Waals surface area contributed by atoms with Crippen LogP contribution in [0.15, 0.2) is 48.5 Å². The van der Waals surface area contributed by atoms with E-state index in [1.807, 2.05) is 0 Å². The summed E-state index contributed by atoms with van der Waals surface area (Å²) in [5.41, 5.74) is -0.111. The zero-order valence-corrected chi connectivity index (χ0v) is 16.7. The van der Waals surface area contributed by atoms with E-state index in [1.165, 1.54) is 55.6 Å². The lowest BCUT2D eigenvalue weighted by atomic mass is 10.1. The molecule has 0 aromatic heterocycles. The molecule has 0 spiro atoms. The molecule has 32 heavy (non-hydrogen) atoms. The van der Waals surface area contributed by atoms with Crippen molar-refractivity contribution in [1.29, 1.82) is 0 Å². The maximum absolute atomic E-state index is 12.5. The Hall–Kier alpha value is -3.90. The number of hydrogen-bond acceptors (Lipinski definition) is 10. The Morgan fingerprint density at radius 1 is 0.938 bits per heavy atom. The summed E-state index contributed by atoms with van der Waals surface area (Å²) < 4.78 is 21.3. The zero-order valence-electron chi connectivity index (χ0n) is 16.7. The molecule has 1 aliphatic rings. The van der Waals surface area contributed by atoms with Crippen LogP contribution in [0.3, 0.4) is 0 Å². The van der Waals surface area contributed by atoms with Gasteiger partial charge < -0.3 is 18.9 Å². The zero-order chi connectivity index (χ0) is 23.3. The number of rotatable bonds is 8. The normalized spacial score (nSPS) is 19.8. The van der Waals surface area contributed by atoms with Gasteiger partial charge >= 0.3 is 11.9 Å². The first-order valence-electron chi connectivity index (χ1n) is 9.31. The van der Waals surface area contributed by atoms with Gasteiger partial charge in [0, 0.05) is 31.4 Å². The highest BCUT2D eigenvalue weighted by molar-refractivity contribution is 5.90. The minimum atomic E-state index is -0.896. The van der Waals surface area contributed by atoms with E-state index in [-0.39, 0.29) is 35.7 Å². The van der Waals surface area contributed by atoms with Gasteiger partial charge in [-0.25, -0.2) is 9.59 Å². The predicted molar refractivity (Wildman–Crippen MR) is 106 cm³/mol. The van der Waals surface area contributed by atoms with Crippen LogP contribution in [0.5, 0.6) is 0 Å². The first-order chi connectivity index (χ1) is 15.3. The number of esters is 2. The van der Waals surface area contributed by atoms with E-state index in [2.05, 4.69) is 0 Å². The van der Waals surface area contributed by atoms with E-state index >= 15 is 0 Å². The van der Waals surface area contributed by atoms with Crippen molar-refractivity contribution < 1.29 is 38.4 Å². The molecule has 12 heteroatoms. The third kappa shape index (κ3) is 5.22. The number of ether oxygens (including phenoxy) is 4. The Balaban J connectivity index is 1.63. The average Bonchev–Trinajstić information content (AvgIpc) is 3.18. The number of hydrogen-bond donors (Lipinski definition) is 0. The smallest absolute Gasteiger partial charge is 0.338 e. The molecule has 2 aromatic rings. The van der Waals surface area contributed by atoms with E-state index in [4.69, 9.17) is 18.9 Å². The molecular formula is C20H18N2O10. The van der Waals surface area contributed by atoms with Crippen LogP contribution in [0.1, 0.15) is 20.7 Å². The molecule has 3 rings (SSSR count). The van der Waals surface area contributed by atoms with Crippen molar-refractivity contribution in [2.75, 3.05) is 20.3 Å². The first-order valence-corrected chi connectivity index (χ1v) is 9.31. The van der Waals surface area contributed by atoms with Crippen molar-refractivity contribution in [3.63, 3.8) is 0 Å². The lowest BCUT2D eigenvalue weighted by molar-refractivity contribution is -0.385. The van der Waals surface area contributed by atoms with Gasteiger partial charge in [0.05, 0.1) is 33.5 Å². The molecule has 0 amide bonds. The molecule has 0 aliphatic carbocycles. The first kappa shape index (κ1) is 22.8. The van der Waals surface area contributed by atoms with Gasteiger partial charge in [0.25, 0.3) is 11.4 Å². The minimum absolute atomic E-state index is 0.0876. The fourth-order valence-corrected chi connectivity index (χ4v) is 3.02. The van der Waals surface area contributed by atoms with Gasteiger partial charge in [0.15, 0.2) is 12.4 Å². The molecule has 0 saturated carbocycles. The lowest BCUT2D eigenvalue weighted by Crippen LogP contribution is -2.35. The van der Waals surface area contributed by atoms with E-state index in [1.54, 1.807) is 0 Å². The molecule has 3 atom stereocenters. The molecule has 168 valence electrons. The van der Waals surface area contributed by atoms with Crippen molar-refractivity contribution in [1.82, 2.24) is 0 Å². The van der Waals surface area contributed by atoms with E-state index in [0.717, 1.165) is 0 Å². The second kappa shape index (κ2) is 9.94. The van der Waals surface area contributed by atoms with Crippen LogP contribution in [0.25, 0.3) is 0 Å². The topological polar surface area (TPSA) is 157 Å². The van der Waals surface area contributed by atoms with Gasteiger partial charge in [0.1, 0.15) is 6.61 Å². The number of carbonyl (C=O) groups is 2. The summed E-state index contributed by atoms with van der Waals surface area (Å²) in [5.74, 6) is -1.99. The molecule has 0 bridgehead atoms. The third-order valence-corrected chi connectivity index (χ3v) is 4.74. The summed E-state index contributed by atoms with van der Waals surface area (Å²) in [6.45, 7) is -0.0713. The van der Waals surface area contributed by atoms with Crippen LogP contribution in [-0.4, -0.2) is 54.5 Å². The van der Waals surface area contributed by atoms with Crippen molar-refractivity contribution in [2.24, 2.45) is 5.92 Å². The van der Waals surface area contributed by atoms with Crippen molar-refractivity contribution in [3.8, 4) is 0 Å². The quantitative estimate of drug-likeness (QED) is 0.335. The number of nitrogens with zero attached hydrogens (tertiary/aromatic N) is 2. The highest BCUT2D eigenvalue weighted by Crippen LogP contribution is 2.26. The van der Waals surface area contributed by atoms with Crippen molar-refractivity contribution in [3.05, 3.63) is 79.9 Å². The van der Waals surface area contributed by atoms with Gasteiger partial charge in [0.2, 0.25) is 0 Å². The monoisotopic (exact) mass is 446 g/mol. The van der Waals surface area contributed by atoms with Crippen LogP contribution in [0.4, 0.5) is 11.4 Å². The number of benzene rings is 2. The second-order valence-corrected chi connectivity index (χ2v) is 6.77. The molecule has 12 nitrogen and oxygen atoms in total. The summed E-state index contributed by atoms with van der Waals surface area (Å²) in [4.78, 5) is 45.0. The van der Waals surface area contributed by atoms with Gasteiger partial charge in [-0.1, -0.05) is 0 Å². The van der Waals surface area contributed by atoms with Gasteiger partial charge in [-0.05, 0) is 24.3 Å². The highest BCUT2D eigenvalue weighted by Gasteiger charge is 2.41. The van der Waals surface area contributed by atoms with Crippen molar-refractivity contribution >= 4 is 23.3 Å². The largest absolute Gasteiger partial charge is 0.462 e. The standard InChI is InChI=1S/C20H18N2O10/c1-29-20-17(32-19(24)13-4-8-16(9-5-13)22(27)28)14(11-31-20)10-30-18(23)12-2-6-15(7-3-12)21(25)26/h2-9,14,17,20H,10-11H2,1H3. The Bertz CT molecular complexity index is 1010. The van der Waals surface area contributed by atoms with Crippen LogP contribution >= 0.6 is 0 Å². The lowest BCUT2D eigenvalue weighted by Gasteiger charge is -2.22. The number of non-ortho nitro benzene ring substituents is 2. The SMILES string of the molecule is COC1OCC(COC(=O)c2ccc([N+](=O)[O-])cc2)C1OC(=O)c1ccc([N+](=O)[O-])cc1. The van der Waals surface area contributed by atoms with Crippen LogP contribution in [-0.2, 0) is 18.9 Å². The molecule has 0 N–H and O–H groups in total. The van der Waals surface area contributed by atoms with Gasteiger partial charge in [-0.15, -0.1) is 0 Å². The van der Waals surface area contributed by atoms with Crippen LogP contribution in [0, 0.1) is 26.1 Å². The summed E-state index contributed by atoms with van der Waals surface area (Å²) in [6, 6.07) is 9.81. The molecule has 1 heterocycles. The molecule has 1 fully saturated rings. The average molecular weight is 446 g/mol. The molecule has 2 aromatic carbocycles. The predicted octanol–water partition coefficient (Wildman–Crippen LogP) is 2.50. The summed E-state index contributed by atoms with van der Waals surface area (Å²) >= 11 is 0. The molecule has 1 saturated heterocycles. The molecular weight excluding hydrogens is 428 g/mol. The Morgan fingerprint density at radius 2 is 1.44 bits per heavy atom. The van der Waals surface area contributed by atoms with Crippen molar-refractivity contribution in [2.45, 2.75) is 12.4 Å². The Kier molecular flexibility index (Phi) is 7.07. The number of carbonyl (C=O) groups excluding carboxylic acids is 2. The number of nitro groups is 2. The minimum Gasteiger partial charge on any atom is -0.462 e. The summed E-state index contributed by atoms with van der Waals surface area (Å²) in [7, 11) is 1.36. The van der Waals surface area contributed by atoms with Crippen LogP contribution in [0.2, 0.25) is 0 Å². The summed E-state index contributed by atoms with van der Waals surface area (Å²) in [6.07, 6.45) is -1.78. The maximum atomic E-state index is 12.5. The molecule has 0 radical (unpaired) electrons. The summed E-state index contributed by atoms with van der Waals surface area (Å²) in [5, 5.41) is 21.5. The van der Waals surface area contributed by atoms with E-state index < -0.39 is 40.1 Å². The van der Waals surface area contributed by atoms with Gasteiger partial charge in [-0.3, -0.25) is 20.2 Å². The van der Waals surface area contributed by atoms with E-state index in [9.17, 15) is 29.8 Å². The fourth-order valence-electron chi connectivity index (χ4n) is 3.02. The second-order valence-electron chi connectivity index (χ2n) is 6.77. The number of nitro benzene ring substituents is 2. The fraction of sp³-hybridized carbons (Fsp3) is 0.300. The third-order valence-electron chi connectivity index (χ3n) is 4.74. The Labute approximate surface area is 180 Å². The molecule has 1 aliphatic heterocycles. The van der Waals surface area contributed by atoms with Crippen LogP contribution < -0.4 is 0 Å². The number of methoxy groups -OCH3 is 1. The molecule has 3 unspecified atom stereocenters. The highest BCUT2D eigenvalue weighted by atomic mass is 16.7. The van der Waals surface area contributed by atoms with Gasteiger partial charge in [-0.2, -0.15) is 0 Å². The Morgan fingerprint density at radius 3 is 1.91 bits per heavy atom. The maximum Gasteiger partial charge on any atom is 0.338 e. The van der Waals surface area contributed by atoms with E-state index in [0.29, 0.717) is 0 Å².